The smallest absolute Gasteiger partial charge is 0.264 e. The monoisotopic (exact) mass is 311 g/mol. The number of alkyl halides is 2. The second-order valence-corrected chi connectivity index (χ2v) is 3.90. The Labute approximate surface area is 93.6 Å². The minimum Gasteiger partial charge on any atom is -0.398 e. The van der Waals surface area contributed by atoms with E-state index in [0.717, 1.165) is 0 Å². The predicted octanol–water partition coefficient (Wildman–Crippen LogP) is 3.01. The first-order valence-corrected chi connectivity index (χ1v) is 4.89. The zero-order valence-electron chi connectivity index (χ0n) is 7.35. The molecule has 0 spiro atoms. The number of hydrogen-bond acceptors (Lipinski definition) is 2. The lowest BCUT2D eigenvalue weighted by molar-refractivity contribution is 0.101. The maximum absolute atomic E-state index is 12.5. The van der Waals surface area contributed by atoms with Crippen LogP contribution in [0.5, 0.6) is 0 Å². The van der Waals surface area contributed by atoms with Crippen molar-refractivity contribution in [3.8, 4) is 0 Å². The number of rotatable bonds is 2. The van der Waals surface area contributed by atoms with Crippen molar-refractivity contribution in [3.63, 3.8) is 0 Å². The van der Waals surface area contributed by atoms with Gasteiger partial charge in [-0.25, -0.2) is 8.78 Å². The van der Waals surface area contributed by atoms with Crippen molar-refractivity contribution in [2.45, 2.75) is 13.3 Å². The molecule has 5 heteroatoms. The highest BCUT2D eigenvalue weighted by Crippen LogP contribution is 2.29. The lowest BCUT2D eigenvalue weighted by Gasteiger charge is -2.08. The lowest BCUT2D eigenvalue weighted by Crippen LogP contribution is -2.02. The fourth-order valence-electron chi connectivity index (χ4n) is 1.03. The minimum atomic E-state index is -2.61. The molecule has 2 N–H and O–H groups in total. The number of anilines is 1. The van der Waals surface area contributed by atoms with Crippen LogP contribution in [0.4, 0.5) is 14.5 Å². The van der Waals surface area contributed by atoms with E-state index >= 15 is 0 Å². The van der Waals surface area contributed by atoms with Crippen molar-refractivity contribution in [2.24, 2.45) is 0 Å². The molecular weight excluding hydrogens is 303 g/mol. The van der Waals surface area contributed by atoms with E-state index in [1.165, 1.54) is 19.1 Å². The zero-order valence-corrected chi connectivity index (χ0v) is 9.51. The van der Waals surface area contributed by atoms with E-state index in [-0.39, 0.29) is 22.6 Å². The first-order chi connectivity index (χ1) is 6.43. The fraction of sp³-hybridized carbons (Fsp3) is 0.222. The molecule has 0 aromatic heterocycles. The summed E-state index contributed by atoms with van der Waals surface area (Å²) in [5.41, 5.74) is 5.76. The zero-order chi connectivity index (χ0) is 10.9. The number of nitrogen functional groups attached to an aromatic ring is 1. The summed E-state index contributed by atoms with van der Waals surface area (Å²) in [6.45, 7) is 1.32. The molecule has 0 radical (unpaired) electrons. The SMILES string of the molecule is CC(=O)c1cc(N)c(I)c(C(F)F)c1. The molecule has 1 aromatic rings. The number of nitrogens with two attached hydrogens (primary N) is 1. The second kappa shape index (κ2) is 4.20. The van der Waals surface area contributed by atoms with Gasteiger partial charge in [0.25, 0.3) is 6.43 Å². The van der Waals surface area contributed by atoms with Gasteiger partial charge in [-0.15, -0.1) is 0 Å². The van der Waals surface area contributed by atoms with Gasteiger partial charge in [0, 0.05) is 20.4 Å². The molecule has 76 valence electrons. The van der Waals surface area contributed by atoms with Crippen molar-refractivity contribution in [2.75, 3.05) is 5.73 Å². The topological polar surface area (TPSA) is 43.1 Å². The maximum Gasteiger partial charge on any atom is 0.264 e. The van der Waals surface area contributed by atoms with Gasteiger partial charge in [-0.1, -0.05) is 0 Å². The van der Waals surface area contributed by atoms with Crippen molar-refractivity contribution >= 4 is 34.1 Å². The van der Waals surface area contributed by atoms with E-state index in [0.29, 0.717) is 3.57 Å². The quantitative estimate of drug-likeness (QED) is 0.518. The molecule has 0 saturated heterocycles. The third-order valence-electron chi connectivity index (χ3n) is 1.77. The van der Waals surface area contributed by atoms with E-state index in [1.807, 2.05) is 0 Å². The van der Waals surface area contributed by atoms with Crippen LogP contribution in [-0.4, -0.2) is 5.78 Å². The summed E-state index contributed by atoms with van der Waals surface area (Å²) in [5.74, 6) is -0.269. The van der Waals surface area contributed by atoms with Crippen molar-refractivity contribution in [1.82, 2.24) is 0 Å². The highest BCUT2D eigenvalue weighted by atomic mass is 127. The van der Waals surface area contributed by atoms with Crippen molar-refractivity contribution in [3.05, 3.63) is 26.8 Å². The standard InChI is InChI=1S/C9H8F2INO/c1-4(14)5-2-6(9(10)11)8(12)7(13)3-5/h2-3,9H,13H2,1H3. The van der Waals surface area contributed by atoms with Crippen LogP contribution in [0.25, 0.3) is 0 Å². The van der Waals surface area contributed by atoms with Gasteiger partial charge >= 0.3 is 0 Å². The third kappa shape index (κ3) is 2.20. The van der Waals surface area contributed by atoms with Gasteiger partial charge in [-0.05, 0) is 41.6 Å². The number of benzene rings is 1. The van der Waals surface area contributed by atoms with Crippen LogP contribution < -0.4 is 5.73 Å². The third-order valence-corrected chi connectivity index (χ3v) is 3.02. The van der Waals surface area contributed by atoms with E-state index in [1.54, 1.807) is 22.6 Å². The summed E-state index contributed by atoms with van der Waals surface area (Å²) in [6, 6.07) is 2.60. The molecule has 0 atom stereocenters. The highest BCUT2D eigenvalue weighted by Gasteiger charge is 2.16. The Balaban J connectivity index is 3.35. The summed E-state index contributed by atoms with van der Waals surface area (Å²) in [6.07, 6.45) is -2.61. The molecule has 0 aliphatic heterocycles. The Kier molecular flexibility index (Phi) is 3.41. The number of carbonyl (C=O) groups excluding carboxylic acids is 1. The normalized spacial score (nSPS) is 10.6. The van der Waals surface area contributed by atoms with Crippen LogP contribution in [0.2, 0.25) is 0 Å². The Morgan fingerprint density at radius 1 is 1.50 bits per heavy atom. The molecular formula is C9H8F2INO. The van der Waals surface area contributed by atoms with Gasteiger partial charge in [0.1, 0.15) is 0 Å². The van der Waals surface area contributed by atoms with Crippen LogP contribution in [0.1, 0.15) is 29.3 Å². The molecule has 14 heavy (non-hydrogen) atoms. The van der Waals surface area contributed by atoms with Crippen LogP contribution in [-0.2, 0) is 0 Å². The van der Waals surface area contributed by atoms with E-state index in [2.05, 4.69) is 0 Å². The Hall–Kier alpha value is -0.720. The summed E-state index contributed by atoms with van der Waals surface area (Å²) in [7, 11) is 0. The molecule has 0 unspecified atom stereocenters. The highest BCUT2D eigenvalue weighted by molar-refractivity contribution is 14.1. The number of Topliss-reactive ketones (excluding diaryl/α,β-unsaturated/α-hetero) is 1. The minimum absolute atomic E-state index is 0.184. The maximum atomic E-state index is 12.5. The van der Waals surface area contributed by atoms with Crippen molar-refractivity contribution < 1.29 is 13.6 Å². The molecule has 0 saturated carbocycles. The molecule has 1 rings (SSSR count). The van der Waals surface area contributed by atoms with Gasteiger partial charge in [0.05, 0.1) is 0 Å². The predicted molar refractivity (Wildman–Crippen MR) is 58.5 cm³/mol. The van der Waals surface area contributed by atoms with E-state index < -0.39 is 6.43 Å². The summed E-state index contributed by atoms with van der Waals surface area (Å²) in [4.78, 5) is 11.0. The molecule has 0 amide bonds. The number of ketones is 1. The van der Waals surface area contributed by atoms with Gasteiger partial charge in [-0.2, -0.15) is 0 Å². The number of hydrogen-bond donors (Lipinski definition) is 1. The van der Waals surface area contributed by atoms with Crippen LogP contribution in [0.3, 0.4) is 0 Å². The first-order valence-electron chi connectivity index (χ1n) is 3.81. The van der Waals surface area contributed by atoms with Gasteiger partial charge in [0.2, 0.25) is 0 Å². The average molecular weight is 311 g/mol. The summed E-state index contributed by atoms with van der Waals surface area (Å²) < 4.78 is 25.3. The molecule has 0 heterocycles. The molecule has 2 nitrogen and oxygen atoms in total. The Morgan fingerprint density at radius 2 is 2.07 bits per heavy atom. The van der Waals surface area contributed by atoms with Gasteiger partial charge in [-0.3, -0.25) is 4.79 Å². The Morgan fingerprint density at radius 3 is 2.50 bits per heavy atom. The fourth-order valence-corrected chi connectivity index (χ4v) is 1.58. The average Bonchev–Trinajstić information content (AvgIpc) is 2.08. The molecule has 0 aliphatic carbocycles. The van der Waals surface area contributed by atoms with Crippen LogP contribution >= 0.6 is 22.6 Å². The second-order valence-electron chi connectivity index (χ2n) is 2.83. The molecule has 0 bridgehead atoms. The van der Waals surface area contributed by atoms with Crippen molar-refractivity contribution in [1.29, 1.82) is 0 Å². The Bertz CT molecular complexity index is 379. The van der Waals surface area contributed by atoms with E-state index in [9.17, 15) is 13.6 Å². The molecule has 1 aromatic carbocycles. The number of halogens is 3. The molecule has 0 fully saturated rings. The number of carbonyl (C=O) groups is 1. The van der Waals surface area contributed by atoms with Crippen LogP contribution in [0.15, 0.2) is 12.1 Å². The van der Waals surface area contributed by atoms with E-state index in [4.69, 9.17) is 5.73 Å². The largest absolute Gasteiger partial charge is 0.398 e. The molecule has 0 aliphatic rings. The van der Waals surface area contributed by atoms with Gasteiger partial charge in [0.15, 0.2) is 5.78 Å². The summed E-state index contributed by atoms with van der Waals surface area (Å²) >= 11 is 1.74. The summed E-state index contributed by atoms with van der Waals surface area (Å²) in [5, 5.41) is 0. The lowest BCUT2D eigenvalue weighted by atomic mass is 10.1. The first kappa shape index (κ1) is 11.4. The van der Waals surface area contributed by atoms with Gasteiger partial charge < -0.3 is 5.73 Å². The van der Waals surface area contributed by atoms with Crippen LogP contribution in [0, 0.1) is 3.57 Å².